The molecule has 0 aliphatic heterocycles. The van der Waals surface area contributed by atoms with Gasteiger partial charge in [0, 0.05) is 5.75 Å². The van der Waals surface area contributed by atoms with Crippen molar-refractivity contribution >= 4 is 12.6 Å². The van der Waals surface area contributed by atoms with E-state index in [-0.39, 0.29) is 0 Å². The number of thiol groups is 1. The fourth-order valence-corrected chi connectivity index (χ4v) is 0.335. The van der Waals surface area contributed by atoms with E-state index in [9.17, 15) is 0 Å². The van der Waals surface area contributed by atoms with Gasteiger partial charge in [-0.3, -0.25) is 0 Å². The number of aliphatic hydroxyl groups is 1. The summed E-state index contributed by atoms with van der Waals surface area (Å²) in [7, 11) is 0. The summed E-state index contributed by atoms with van der Waals surface area (Å²) in [6, 6.07) is 0. The molecule has 1 nitrogen and oxygen atoms in total. The Kier molecular flexibility index (Phi) is 2.69. The second-order valence-corrected chi connectivity index (χ2v) is 2.32. The summed E-state index contributed by atoms with van der Waals surface area (Å²) in [5.74, 6) is 0.545. The molecule has 1 atom stereocenters. The summed E-state index contributed by atoms with van der Waals surface area (Å²) >= 11 is 3.93. The van der Waals surface area contributed by atoms with Crippen LogP contribution >= 0.6 is 12.6 Å². The molecule has 44 valence electrons. The second kappa shape index (κ2) is 2.58. The van der Waals surface area contributed by atoms with E-state index in [0.717, 1.165) is 6.42 Å². The molecule has 0 aromatic carbocycles. The van der Waals surface area contributed by atoms with Gasteiger partial charge in [-0.05, 0) is 13.3 Å². The van der Waals surface area contributed by atoms with Crippen LogP contribution in [0.2, 0.25) is 0 Å². The highest BCUT2D eigenvalue weighted by atomic mass is 32.1. The SMILES string of the molecule is CCC(C)(O)CS. The zero-order chi connectivity index (χ0) is 5.91. The van der Waals surface area contributed by atoms with Crippen LogP contribution in [0.15, 0.2) is 0 Å². The molecule has 0 saturated heterocycles. The standard InChI is InChI=1S/C5H12OS/c1-3-5(2,6)4-7/h6-7H,3-4H2,1-2H3. The Morgan fingerprint density at radius 2 is 2.14 bits per heavy atom. The Morgan fingerprint density at radius 3 is 2.14 bits per heavy atom. The molecular formula is C5H12OS. The molecule has 7 heavy (non-hydrogen) atoms. The lowest BCUT2D eigenvalue weighted by molar-refractivity contribution is 0.0820. The van der Waals surface area contributed by atoms with Gasteiger partial charge >= 0.3 is 0 Å². The largest absolute Gasteiger partial charge is 0.389 e. The van der Waals surface area contributed by atoms with Crippen LogP contribution in [-0.4, -0.2) is 16.5 Å². The summed E-state index contributed by atoms with van der Waals surface area (Å²) in [6.45, 7) is 3.72. The third-order valence-corrected chi connectivity index (χ3v) is 1.78. The van der Waals surface area contributed by atoms with Gasteiger partial charge in [0.05, 0.1) is 5.60 Å². The van der Waals surface area contributed by atoms with Gasteiger partial charge in [0.2, 0.25) is 0 Å². The molecule has 0 aromatic heterocycles. The summed E-state index contributed by atoms with van der Waals surface area (Å²) in [5.41, 5.74) is -0.552. The lowest BCUT2D eigenvalue weighted by Gasteiger charge is -2.16. The van der Waals surface area contributed by atoms with Crippen LogP contribution in [-0.2, 0) is 0 Å². The molecule has 0 bridgehead atoms. The van der Waals surface area contributed by atoms with Gasteiger partial charge < -0.3 is 5.11 Å². The van der Waals surface area contributed by atoms with E-state index in [0.29, 0.717) is 5.75 Å². The van der Waals surface area contributed by atoms with Gasteiger partial charge in [-0.15, -0.1) is 0 Å². The first-order valence-electron chi connectivity index (χ1n) is 2.45. The van der Waals surface area contributed by atoms with Crippen LogP contribution in [0.1, 0.15) is 20.3 Å². The molecule has 0 spiro atoms. The second-order valence-electron chi connectivity index (χ2n) is 2.01. The van der Waals surface area contributed by atoms with Crippen LogP contribution in [0.5, 0.6) is 0 Å². The highest BCUT2D eigenvalue weighted by Crippen LogP contribution is 2.08. The Morgan fingerprint density at radius 1 is 1.71 bits per heavy atom. The van der Waals surface area contributed by atoms with E-state index >= 15 is 0 Å². The highest BCUT2D eigenvalue weighted by molar-refractivity contribution is 7.80. The molecule has 0 aromatic rings. The normalized spacial score (nSPS) is 18.9. The minimum absolute atomic E-state index is 0.545. The van der Waals surface area contributed by atoms with Crippen LogP contribution in [0.3, 0.4) is 0 Å². The Bertz CT molecular complexity index is 46.0. The maximum Gasteiger partial charge on any atom is 0.0704 e. The summed E-state index contributed by atoms with van der Waals surface area (Å²) in [5, 5.41) is 9.06. The molecule has 1 N–H and O–H groups in total. The first kappa shape index (κ1) is 7.31. The summed E-state index contributed by atoms with van der Waals surface area (Å²) in [6.07, 6.45) is 0.774. The van der Waals surface area contributed by atoms with Crippen molar-refractivity contribution in [3.05, 3.63) is 0 Å². The Hall–Kier alpha value is 0.310. The van der Waals surface area contributed by atoms with Crippen molar-refractivity contribution in [1.82, 2.24) is 0 Å². The molecule has 0 radical (unpaired) electrons. The summed E-state index contributed by atoms with van der Waals surface area (Å²) < 4.78 is 0. The minimum Gasteiger partial charge on any atom is -0.389 e. The lowest BCUT2D eigenvalue weighted by atomic mass is 10.1. The number of hydrogen-bond donors (Lipinski definition) is 2. The van der Waals surface area contributed by atoms with Gasteiger partial charge in [-0.1, -0.05) is 6.92 Å². The maximum absolute atomic E-state index is 9.06. The molecule has 2 heteroatoms. The first-order valence-corrected chi connectivity index (χ1v) is 3.09. The van der Waals surface area contributed by atoms with Crippen LogP contribution in [0, 0.1) is 0 Å². The molecule has 0 fully saturated rings. The van der Waals surface area contributed by atoms with Crippen molar-refractivity contribution in [3.63, 3.8) is 0 Å². The maximum atomic E-state index is 9.06. The zero-order valence-electron chi connectivity index (χ0n) is 4.81. The molecule has 0 aliphatic rings. The predicted octanol–water partition coefficient (Wildman–Crippen LogP) is 1.08. The van der Waals surface area contributed by atoms with E-state index < -0.39 is 5.60 Å². The van der Waals surface area contributed by atoms with Crippen molar-refractivity contribution in [2.45, 2.75) is 25.9 Å². The molecule has 1 unspecified atom stereocenters. The lowest BCUT2D eigenvalue weighted by Crippen LogP contribution is -2.24. The molecule has 0 amide bonds. The zero-order valence-corrected chi connectivity index (χ0v) is 5.70. The third-order valence-electron chi connectivity index (χ3n) is 1.10. The first-order chi connectivity index (χ1) is 3.12. The van der Waals surface area contributed by atoms with Gasteiger partial charge in [0.15, 0.2) is 0 Å². The van der Waals surface area contributed by atoms with Crippen LogP contribution in [0.4, 0.5) is 0 Å². The third kappa shape index (κ3) is 2.94. The molecular weight excluding hydrogens is 108 g/mol. The fraction of sp³-hybridized carbons (Fsp3) is 1.00. The average molecular weight is 120 g/mol. The smallest absolute Gasteiger partial charge is 0.0704 e. The molecule has 0 saturated carbocycles. The number of rotatable bonds is 2. The molecule has 0 aliphatic carbocycles. The van der Waals surface area contributed by atoms with E-state index in [1.165, 1.54) is 0 Å². The molecule has 0 rings (SSSR count). The van der Waals surface area contributed by atoms with Crippen molar-refractivity contribution in [2.24, 2.45) is 0 Å². The van der Waals surface area contributed by atoms with Crippen LogP contribution in [0.25, 0.3) is 0 Å². The van der Waals surface area contributed by atoms with Crippen molar-refractivity contribution in [2.75, 3.05) is 5.75 Å². The van der Waals surface area contributed by atoms with Crippen LogP contribution < -0.4 is 0 Å². The fourth-order valence-electron chi connectivity index (χ4n) is 0.112. The van der Waals surface area contributed by atoms with E-state index in [1.54, 1.807) is 6.92 Å². The molecule has 0 heterocycles. The van der Waals surface area contributed by atoms with E-state index in [4.69, 9.17) is 5.11 Å². The number of hydrogen-bond acceptors (Lipinski definition) is 2. The average Bonchev–Trinajstić information content (AvgIpc) is 1.68. The summed E-state index contributed by atoms with van der Waals surface area (Å²) in [4.78, 5) is 0. The van der Waals surface area contributed by atoms with Crippen molar-refractivity contribution in [3.8, 4) is 0 Å². The van der Waals surface area contributed by atoms with Gasteiger partial charge in [0.1, 0.15) is 0 Å². The van der Waals surface area contributed by atoms with Gasteiger partial charge in [-0.2, -0.15) is 12.6 Å². The topological polar surface area (TPSA) is 20.2 Å². The minimum atomic E-state index is -0.552. The van der Waals surface area contributed by atoms with Gasteiger partial charge in [-0.25, -0.2) is 0 Å². The van der Waals surface area contributed by atoms with E-state index in [1.807, 2.05) is 6.92 Å². The van der Waals surface area contributed by atoms with E-state index in [2.05, 4.69) is 12.6 Å². The van der Waals surface area contributed by atoms with Gasteiger partial charge in [0.25, 0.3) is 0 Å². The monoisotopic (exact) mass is 120 g/mol. The quantitative estimate of drug-likeness (QED) is 0.522. The predicted molar refractivity (Wildman–Crippen MR) is 34.8 cm³/mol. The van der Waals surface area contributed by atoms with Crippen molar-refractivity contribution in [1.29, 1.82) is 0 Å². The Labute approximate surface area is 50.1 Å². The van der Waals surface area contributed by atoms with Crippen molar-refractivity contribution < 1.29 is 5.11 Å². The Balaban J connectivity index is 3.36. The highest BCUT2D eigenvalue weighted by Gasteiger charge is 2.13.